The molecule has 0 radical (unpaired) electrons. The largest absolute Gasteiger partial charge is 0.472 e. The molecular weight excluding hydrogens is 222 g/mol. The number of benzene rings is 1. The zero-order valence-electron chi connectivity index (χ0n) is 11.3. The Hall–Kier alpha value is -1.54. The fourth-order valence-corrected chi connectivity index (χ4v) is 2.18. The summed E-state index contributed by atoms with van der Waals surface area (Å²) in [6, 6.07) is 12.9. The van der Waals surface area contributed by atoms with Gasteiger partial charge in [-0.15, -0.1) is 0 Å². The topological polar surface area (TPSA) is 25.2 Å². The molecule has 1 heterocycles. The van der Waals surface area contributed by atoms with Crippen molar-refractivity contribution in [2.45, 2.75) is 33.4 Å². The Balaban J connectivity index is 2.12. The van der Waals surface area contributed by atoms with E-state index in [1.54, 1.807) is 12.5 Å². The van der Waals surface area contributed by atoms with Crippen LogP contribution >= 0.6 is 0 Å². The second-order valence-electron chi connectivity index (χ2n) is 5.72. The Bertz CT molecular complexity index is 454. The summed E-state index contributed by atoms with van der Waals surface area (Å²) < 4.78 is 5.10. The van der Waals surface area contributed by atoms with Crippen molar-refractivity contribution in [3.63, 3.8) is 0 Å². The SMILES string of the molecule is CC(C)(C)C(NCc1ccoc1)c1ccccc1. The van der Waals surface area contributed by atoms with Crippen molar-refractivity contribution in [2.75, 3.05) is 0 Å². The number of hydrogen-bond acceptors (Lipinski definition) is 2. The summed E-state index contributed by atoms with van der Waals surface area (Å²) in [7, 11) is 0. The van der Waals surface area contributed by atoms with Crippen LogP contribution in [0.1, 0.15) is 37.9 Å². The average molecular weight is 243 g/mol. The van der Waals surface area contributed by atoms with Crippen molar-refractivity contribution in [1.29, 1.82) is 0 Å². The predicted molar refractivity (Wildman–Crippen MR) is 74.2 cm³/mol. The molecule has 1 atom stereocenters. The van der Waals surface area contributed by atoms with Gasteiger partial charge in [-0.2, -0.15) is 0 Å². The Morgan fingerprint density at radius 2 is 1.83 bits per heavy atom. The summed E-state index contributed by atoms with van der Waals surface area (Å²) >= 11 is 0. The summed E-state index contributed by atoms with van der Waals surface area (Å²) in [6.07, 6.45) is 3.50. The van der Waals surface area contributed by atoms with Crippen molar-refractivity contribution in [3.05, 3.63) is 60.1 Å². The fraction of sp³-hybridized carbons (Fsp3) is 0.375. The molecule has 0 aliphatic heterocycles. The lowest BCUT2D eigenvalue weighted by molar-refractivity contribution is 0.271. The van der Waals surface area contributed by atoms with E-state index < -0.39 is 0 Å². The van der Waals surface area contributed by atoms with Gasteiger partial charge in [-0.05, 0) is 17.0 Å². The van der Waals surface area contributed by atoms with E-state index in [0.717, 1.165) is 6.54 Å². The van der Waals surface area contributed by atoms with Gasteiger partial charge in [0.05, 0.1) is 12.5 Å². The van der Waals surface area contributed by atoms with Gasteiger partial charge in [0, 0.05) is 18.2 Å². The third kappa shape index (κ3) is 3.23. The lowest BCUT2D eigenvalue weighted by atomic mass is 9.82. The quantitative estimate of drug-likeness (QED) is 0.872. The maximum atomic E-state index is 5.10. The predicted octanol–water partition coefficient (Wildman–Crippen LogP) is 4.16. The van der Waals surface area contributed by atoms with Crippen LogP contribution in [-0.2, 0) is 6.54 Å². The highest BCUT2D eigenvalue weighted by Crippen LogP contribution is 2.32. The van der Waals surface area contributed by atoms with Gasteiger partial charge in [-0.25, -0.2) is 0 Å². The van der Waals surface area contributed by atoms with Crippen LogP contribution in [0, 0.1) is 5.41 Å². The van der Waals surface area contributed by atoms with Gasteiger partial charge in [-0.3, -0.25) is 0 Å². The van der Waals surface area contributed by atoms with Crippen molar-refractivity contribution in [3.8, 4) is 0 Å². The fourth-order valence-electron chi connectivity index (χ4n) is 2.18. The highest BCUT2D eigenvalue weighted by atomic mass is 16.3. The number of hydrogen-bond donors (Lipinski definition) is 1. The van der Waals surface area contributed by atoms with E-state index in [1.165, 1.54) is 11.1 Å². The first-order valence-electron chi connectivity index (χ1n) is 6.37. The molecule has 1 aromatic heterocycles. The molecule has 2 aromatic rings. The van der Waals surface area contributed by atoms with Gasteiger partial charge in [0.15, 0.2) is 0 Å². The minimum Gasteiger partial charge on any atom is -0.472 e. The first-order chi connectivity index (χ1) is 8.57. The molecule has 0 saturated heterocycles. The molecule has 0 saturated carbocycles. The average Bonchev–Trinajstić information content (AvgIpc) is 2.82. The van der Waals surface area contributed by atoms with E-state index in [-0.39, 0.29) is 5.41 Å². The lowest BCUT2D eigenvalue weighted by Crippen LogP contribution is -2.31. The van der Waals surface area contributed by atoms with Gasteiger partial charge in [0.1, 0.15) is 0 Å². The Morgan fingerprint density at radius 3 is 2.39 bits per heavy atom. The second-order valence-corrected chi connectivity index (χ2v) is 5.72. The van der Waals surface area contributed by atoms with Crippen LogP contribution < -0.4 is 5.32 Å². The maximum Gasteiger partial charge on any atom is 0.0947 e. The first-order valence-corrected chi connectivity index (χ1v) is 6.37. The second kappa shape index (κ2) is 5.40. The minimum atomic E-state index is 0.172. The van der Waals surface area contributed by atoms with Gasteiger partial charge >= 0.3 is 0 Å². The minimum absolute atomic E-state index is 0.172. The van der Waals surface area contributed by atoms with E-state index in [1.807, 2.05) is 6.07 Å². The van der Waals surface area contributed by atoms with Crippen LogP contribution in [0.25, 0.3) is 0 Å². The molecule has 2 nitrogen and oxygen atoms in total. The zero-order chi connectivity index (χ0) is 13.0. The first kappa shape index (κ1) is 12.9. The van der Waals surface area contributed by atoms with Crippen molar-refractivity contribution < 1.29 is 4.42 Å². The molecule has 1 unspecified atom stereocenters. The molecule has 0 spiro atoms. The van der Waals surface area contributed by atoms with E-state index in [2.05, 4.69) is 56.4 Å². The van der Waals surface area contributed by atoms with E-state index in [0.29, 0.717) is 6.04 Å². The zero-order valence-corrected chi connectivity index (χ0v) is 11.3. The van der Waals surface area contributed by atoms with Crippen LogP contribution in [-0.4, -0.2) is 0 Å². The number of rotatable bonds is 4. The number of nitrogens with one attached hydrogen (secondary N) is 1. The molecule has 0 aliphatic carbocycles. The van der Waals surface area contributed by atoms with Crippen LogP contribution in [0.2, 0.25) is 0 Å². The summed E-state index contributed by atoms with van der Waals surface area (Å²) in [5, 5.41) is 3.62. The molecular formula is C16H21NO. The lowest BCUT2D eigenvalue weighted by Gasteiger charge is -2.32. The van der Waals surface area contributed by atoms with Crippen molar-refractivity contribution in [1.82, 2.24) is 5.32 Å². The standard InChI is InChI=1S/C16H21NO/c1-16(2,3)15(14-7-5-4-6-8-14)17-11-13-9-10-18-12-13/h4-10,12,15,17H,11H2,1-3H3. The Kier molecular flexibility index (Phi) is 3.87. The number of furan rings is 1. The molecule has 2 rings (SSSR count). The monoisotopic (exact) mass is 243 g/mol. The molecule has 1 aromatic carbocycles. The smallest absolute Gasteiger partial charge is 0.0947 e. The Labute approximate surface area is 109 Å². The normalized spacial score (nSPS) is 13.5. The van der Waals surface area contributed by atoms with Gasteiger partial charge in [0.2, 0.25) is 0 Å². The maximum absolute atomic E-state index is 5.10. The summed E-state index contributed by atoms with van der Waals surface area (Å²) in [5.74, 6) is 0. The van der Waals surface area contributed by atoms with Crippen molar-refractivity contribution >= 4 is 0 Å². The summed E-state index contributed by atoms with van der Waals surface area (Å²) in [4.78, 5) is 0. The Morgan fingerprint density at radius 1 is 1.11 bits per heavy atom. The van der Waals surface area contributed by atoms with Gasteiger partial charge in [-0.1, -0.05) is 51.1 Å². The van der Waals surface area contributed by atoms with Crippen LogP contribution in [0.5, 0.6) is 0 Å². The molecule has 18 heavy (non-hydrogen) atoms. The van der Waals surface area contributed by atoms with Crippen molar-refractivity contribution in [2.24, 2.45) is 5.41 Å². The third-order valence-electron chi connectivity index (χ3n) is 3.09. The highest BCUT2D eigenvalue weighted by Gasteiger charge is 2.25. The molecule has 1 N–H and O–H groups in total. The third-order valence-corrected chi connectivity index (χ3v) is 3.09. The van der Waals surface area contributed by atoms with Gasteiger partial charge < -0.3 is 9.73 Å². The van der Waals surface area contributed by atoms with Gasteiger partial charge in [0.25, 0.3) is 0 Å². The molecule has 0 fully saturated rings. The molecule has 0 aliphatic rings. The highest BCUT2D eigenvalue weighted by molar-refractivity contribution is 5.21. The van der Waals surface area contributed by atoms with E-state index >= 15 is 0 Å². The van der Waals surface area contributed by atoms with Crippen LogP contribution in [0.3, 0.4) is 0 Å². The molecule has 2 heteroatoms. The van der Waals surface area contributed by atoms with Crippen LogP contribution in [0.15, 0.2) is 53.3 Å². The summed E-state index contributed by atoms with van der Waals surface area (Å²) in [6.45, 7) is 7.60. The molecule has 96 valence electrons. The van der Waals surface area contributed by atoms with E-state index in [4.69, 9.17) is 4.42 Å². The summed E-state index contributed by atoms with van der Waals surface area (Å²) in [5.41, 5.74) is 2.68. The molecule has 0 bridgehead atoms. The molecule has 0 amide bonds. The van der Waals surface area contributed by atoms with Crippen LogP contribution in [0.4, 0.5) is 0 Å². The van der Waals surface area contributed by atoms with E-state index in [9.17, 15) is 0 Å².